The number of fused-ring (bicyclic) bond motifs is 2. The number of nitrogens with zero attached hydrogens (tertiary/aromatic N) is 3. The quantitative estimate of drug-likeness (QED) is 0.198. The molecule has 0 saturated heterocycles. The number of benzene rings is 4. The van der Waals surface area contributed by atoms with E-state index < -0.39 is 25.7 Å². The van der Waals surface area contributed by atoms with Crippen LogP contribution in [-0.4, -0.2) is 23.0 Å². The number of aromatic hydroxyl groups is 1. The predicted molar refractivity (Wildman–Crippen MR) is 110 cm³/mol. The maximum absolute atomic E-state index is 11.7. The lowest BCUT2D eigenvalue weighted by Gasteiger charge is -2.08. The normalized spacial score (nSPS) is 12.0. The van der Waals surface area contributed by atoms with Crippen molar-refractivity contribution in [2.75, 3.05) is 0 Å². The van der Waals surface area contributed by atoms with E-state index >= 15 is 0 Å². The van der Waals surface area contributed by atoms with Gasteiger partial charge in [0.1, 0.15) is 16.3 Å². The number of nitro benzene ring substituents is 1. The van der Waals surface area contributed by atoms with Crippen LogP contribution in [0.15, 0.2) is 81.9 Å². The first-order valence-corrected chi connectivity index (χ1v) is 10.0. The van der Waals surface area contributed by atoms with E-state index in [2.05, 4.69) is 10.2 Å². The molecule has 0 heterocycles. The first-order valence-electron chi connectivity index (χ1n) is 8.56. The highest BCUT2D eigenvalue weighted by molar-refractivity contribution is 7.86. The van der Waals surface area contributed by atoms with Gasteiger partial charge in [-0.3, -0.25) is 14.7 Å². The smallest absolute Gasteiger partial charge is 0.295 e. The van der Waals surface area contributed by atoms with Crippen molar-refractivity contribution in [1.82, 2.24) is 0 Å². The molecule has 10 heteroatoms. The van der Waals surface area contributed by atoms with Gasteiger partial charge in [-0.15, -0.1) is 5.11 Å². The fraction of sp³-hybridized carbons (Fsp3) is 0. The molecule has 0 bridgehead atoms. The van der Waals surface area contributed by atoms with E-state index in [-0.39, 0.29) is 22.1 Å². The second-order valence-corrected chi connectivity index (χ2v) is 7.83. The Morgan fingerprint density at radius 3 is 2.30 bits per heavy atom. The van der Waals surface area contributed by atoms with E-state index in [0.29, 0.717) is 5.69 Å². The zero-order valence-electron chi connectivity index (χ0n) is 15.1. The van der Waals surface area contributed by atoms with Crippen LogP contribution in [0, 0.1) is 10.1 Å². The van der Waals surface area contributed by atoms with Crippen LogP contribution in [-0.2, 0) is 10.1 Å². The Balaban J connectivity index is 1.90. The Labute approximate surface area is 169 Å². The number of azo groups is 1. The maximum atomic E-state index is 11.7. The molecular formula is C20H13N3O6S. The molecule has 0 fully saturated rings. The average molecular weight is 423 g/mol. The molecule has 0 amide bonds. The number of nitro groups is 1. The zero-order valence-corrected chi connectivity index (χ0v) is 15.9. The van der Waals surface area contributed by atoms with E-state index in [4.69, 9.17) is 0 Å². The van der Waals surface area contributed by atoms with Gasteiger partial charge in [-0.25, -0.2) is 0 Å². The molecule has 0 spiro atoms. The van der Waals surface area contributed by atoms with Gasteiger partial charge in [-0.2, -0.15) is 13.5 Å². The number of hydrogen-bond acceptors (Lipinski definition) is 7. The Hall–Kier alpha value is -3.89. The summed E-state index contributed by atoms with van der Waals surface area (Å²) in [7, 11) is -4.76. The Kier molecular flexibility index (Phi) is 4.65. The summed E-state index contributed by atoms with van der Waals surface area (Å²) < 4.78 is 32.9. The van der Waals surface area contributed by atoms with Crippen molar-refractivity contribution in [3.05, 3.63) is 76.8 Å². The molecule has 9 nitrogen and oxygen atoms in total. The standard InChI is InChI=1S/C20H13N3O6S/c24-18-11-19(30(27,28)29)17-10-15(23(25)26)7-8-16(17)20(18)22-21-14-6-5-12-3-1-2-4-13(12)9-14/h1-11,24H,(H,27,28,29). The second-order valence-electron chi connectivity index (χ2n) is 6.44. The summed E-state index contributed by atoms with van der Waals surface area (Å²) in [6.45, 7) is 0. The number of phenolic OH excluding ortho intramolecular Hbond substituents is 1. The minimum absolute atomic E-state index is 0.0813. The van der Waals surface area contributed by atoms with Gasteiger partial charge in [0.05, 0.1) is 10.6 Å². The lowest BCUT2D eigenvalue weighted by atomic mass is 10.1. The second kappa shape index (κ2) is 7.17. The van der Waals surface area contributed by atoms with E-state index in [1.807, 2.05) is 30.3 Å². The molecular weight excluding hydrogens is 410 g/mol. The number of hydrogen-bond donors (Lipinski definition) is 2. The molecule has 0 aliphatic carbocycles. The van der Waals surface area contributed by atoms with Gasteiger partial charge < -0.3 is 5.11 Å². The van der Waals surface area contributed by atoms with Gasteiger partial charge in [0.25, 0.3) is 15.8 Å². The first kappa shape index (κ1) is 19.4. The predicted octanol–water partition coefficient (Wildman–Crippen LogP) is 5.27. The summed E-state index contributed by atoms with van der Waals surface area (Å²) >= 11 is 0. The topological polar surface area (TPSA) is 142 Å². The van der Waals surface area contributed by atoms with Crippen molar-refractivity contribution in [1.29, 1.82) is 0 Å². The molecule has 0 aliphatic rings. The average Bonchev–Trinajstić information content (AvgIpc) is 2.71. The molecule has 2 N–H and O–H groups in total. The van der Waals surface area contributed by atoms with Gasteiger partial charge in [0.15, 0.2) is 0 Å². The van der Waals surface area contributed by atoms with Crippen molar-refractivity contribution < 1.29 is 23.0 Å². The summed E-state index contributed by atoms with van der Waals surface area (Å²) in [5.41, 5.74) is 0.0259. The zero-order chi connectivity index (χ0) is 21.5. The van der Waals surface area contributed by atoms with Gasteiger partial charge in [0, 0.05) is 29.0 Å². The highest BCUT2D eigenvalue weighted by Gasteiger charge is 2.22. The minimum Gasteiger partial charge on any atom is -0.506 e. The summed E-state index contributed by atoms with van der Waals surface area (Å²) in [6.07, 6.45) is 0. The fourth-order valence-electron chi connectivity index (χ4n) is 3.13. The lowest BCUT2D eigenvalue weighted by Crippen LogP contribution is -2.00. The molecule has 0 saturated carbocycles. The molecule has 0 aromatic heterocycles. The molecule has 0 unspecified atom stereocenters. The van der Waals surface area contributed by atoms with E-state index in [1.54, 1.807) is 12.1 Å². The molecule has 4 aromatic carbocycles. The van der Waals surface area contributed by atoms with Crippen LogP contribution in [0.4, 0.5) is 17.1 Å². The Bertz CT molecular complexity index is 1460. The lowest BCUT2D eigenvalue weighted by molar-refractivity contribution is -0.384. The largest absolute Gasteiger partial charge is 0.506 e. The van der Waals surface area contributed by atoms with E-state index in [0.717, 1.165) is 29.0 Å². The molecule has 4 aromatic rings. The van der Waals surface area contributed by atoms with Crippen molar-refractivity contribution in [2.45, 2.75) is 4.90 Å². The van der Waals surface area contributed by atoms with Crippen LogP contribution in [0.3, 0.4) is 0 Å². The van der Waals surface area contributed by atoms with Gasteiger partial charge in [-0.05, 0) is 29.0 Å². The summed E-state index contributed by atoms with van der Waals surface area (Å²) in [5, 5.41) is 31.4. The van der Waals surface area contributed by atoms with Gasteiger partial charge >= 0.3 is 0 Å². The van der Waals surface area contributed by atoms with Crippen LogP contribution >= 0.6 is 0 Å². The van der Waals surface area contributed by atoms with Crippen LogP contribution in [0.2, 0.25) is 0 Å². The van der Waals surface area contributed by atoms with E-state index in [9.17, 15) is 28.2 Å². The summed E-state index contributed by atoms with van der Waals surface area (Å²) in [5.74, 6) is -0.548. The minimum atomic E-state index is -4.76. The van der Waals surface area contributed by atoms with Crippen LogP contribution in [0.1, 0.15) is 0 Å². The molecule has 4 rings (SSSR count). The maximum Gasteiger partial charge on any atom is 0.295 e. The number of phenols is 1. The third-order valence-corrected chi connectivity index (χ3v) is 5.41. The van der Waals surface area contributed by atoms with Crippen LogP contribution in [0.5, 0.6) is 5.75 Å². The monoisotopic (exact) mass is 423 g/mol. The molecule has 0 atom stereocenters. The molecule has 0 radical (unpaired) electrons. The van der Waals surface area contributed by atoms with Crippen LogP contribution in [0.25, 0.3) is 21.5 Å². The third kappa shape index (κ3) is 3.56. The van der Waals surface area contributed by atoms with Crippen molar-refractivity contribution in [3.8, 4) is 5.75 Å². The number of non-ortho nitro benzene ring substituents is 1. The van der Waals surface area contributed by atoms with Crippen molar-refractivity contribution in [3.63, 3.8) is 0 Å². The van der Waals surface area contributed by atoms with Crippen molar-refractivity contribution >= 4 is 48.7 Å². The van der Waals surface area contributed by atoms with E-state index in [1.165, 1.54) is 6.07 Å². The molecule has 0 aliphatic heterocycles. The Morgan fingerprint density at radius 1 is 0.867 bits per heavy atom. The third-order valence-electron chi connectivity index (χ3n) is 4.52. The summed E-state index contributed by atoms with van der Waals surface area (Å²) in [6, 6.07) is 17.2. The fourth-order valence-corrected chi connectivity index (χ4v) is 3.84. The first-order chi connectivity index (χ1) is 14.2. The highest BCUT2D eigenvalue weighted by Crippen LogP contribution is 2.41. The summed E-state index contributed by atoms with van der Waals surface area (Å²) in [4.78, 5) is 9.72. The van der Waals surface area contributed by atoms with Crippen LogP contribution < -0.4 is 0 Å². The Morgan fingerprint density at radius 2 is 1.60 bits per heavy atom. The van der Waals surface area contributed by atoms with Gasteiger partial charge in [-0.1, -0.05) is 30.3 Å². The molecule has 30 heavy (non-hydrogen) atoms. The molecule has 150 valence electrons. The van der Waals surface area contributed by atoms with Gasteiger partial charge in [0.2, 0.25) is 0 Å². The highest BCUT2D eigenvalue weighted by atomic mass is 32.2. The van der Waals surface area contributed by atoms with Crippen molar-refractivity contribution in [2.24, 2.45) is 10.2 Å². The number of rotatable bonds is 4. The SMILES string of the molecule is O=[N+]([O-])c1ccc2c(N=Nc3ccc4ccccc4c3)c(O)cc(S(=O)(=O)O)c2c1.